The number of amides is 1. The van der Waals surface area contributed by atoms with Crippen LogP contribution in [0.25, 0.3) is 0 Å². The highest BCUT2D eigenvalue weighted by Crippen LogP contribution is 2.19. The lowest BCUT2D eigenvalue weighted by Crippen LogP contribution is -2.40. The fourth-order valence-electron chi connectivity index (χ4n) is 3.15. The zero-order valence-electron chi connectivity index (χ0n) is 17.7. The predicted octanol–water partition coefficient (Wildman–Crippen LogP) is 2.55. The average Bonchev–Trinajstić information content (AvgIpc) is 2.67. The molecule has 1 amide bonds. The lowest BCUT2D eigenvalue weighted by molar-refractivity contribution is -0.116. The maximum absolute atomic E-state index is 13.0. The monoisotopic (exact) mass is 419 g/mol. The molecule has 1 heterocycles. The number of H-pyrrole nitrogens is 1. The third-order valence-corrected chi connectivity index (χ3v) is 4.59. The van der Waals surface area contributed by atoms with Gasteiger partial charge in [-0.1, -0.05) is 27.2 Å². The molecule has 4 N–H and O–H groups in total. The van der Waals surface area contributed by atoms with E-state index < -0.39 is 11.2 Å². The number of aromatic amines is 1. The number of anilines is 3. The summed E-state index contributed by atoms with van der Waals surface area (Å²) in [7, 11) is 0. The van der Waals surface area contributed by atoms with E-state index in [4.69, 9.17) is 5.73 Å². The number of carbonyl (C=O) groups is 1. The van der Waals surface area contributed by atoms with Gasteiger partial charge in [-0.15, -0.1) is 0 Å². The standard InChI is InChI=1S/C21H30FN5O3/c1-4-5-11-27-19(23)18(20(29)25-21(27)30)26(13-14(2)3)12-10-17(28)24-16-8-6-15(22)7-9-16/h6-9,14H,4-5,10-13,23H2,1-3H3,(H,24,28)(H,25,29,30). The Hall–Kier alpha value is -3.10. The van der Waals surface area contributed by atoms with Gasteiger partial charge in [-0.25, -0.2) is 9.18 Å². The molecule has 8 nitrogen and oxygen atoms in total. The van der Waals surface area contributed by atoms with Gasteiger partial charge in [0.2, 0.25) is 5.91 Å². The number of halogens is 1. The number of hydrogen-bond donors (Lipinski definition) is 3. The maximum atomic E-state index is 13.0. The van der Waals surface area contributed by atoms with Crippen LogP contribution < -0.4 is 27.2 Å². The Kier molecular flexibility index (Phi) is 8.20. The predicted molar refractivity (Wildman–Crippen MR) is 117 cm³/mol. The van der Waals surface area contributed by atoms with Crippen LogP contribution in [-0.2, 0) is 11.3 Å². The first kappa shape index (κ1) is 23.2. The molecule has 0 aliphatic carbocycles. The van der Waals surface area contributed by atoms with E-state index in [1.54, 1.807) is 4.90 Å². The normalized spacial score (nSPS) is 11.0. The van der Waals surface area contributed by atoms with E-state index in [-0.39, 0.29) is 42.1 Å². The molecule has 0 spiro atoms. The summed E-state index contributed by atoms with van der Waals surface area (Å²) < 4.78 is 14.4. The third kappa shape index (κ3) is 6.20. The molecule has 0 bridgehead atoms. The van der Waals surface area contributed by atoms with Crippen LogP contribution in [-0.4, -0.2) is 28.5 Å². The summed E-state index contributed by atoms with van der Waals surface area (Å²) in [5.41, 5.74) is 5.80. The van der Waals surface area contributed by atoms with Gasteiger partial charge in [-0.3, -0.25) is 19.1 Å². The number of benzene rings is 1. The third-order valence-electron chi connectivity index (χ3n) is 4.59. The highest BCUT2D eigenvalue weighted by molar-refractivity contribution is 5.91. The van der Waals surface area contributed by atoms with E-state index in [0.29, 0.717) is 18.8 Å². The minimum atomic E-state index is -0.565. The number of rotatable bonds is 10. The molecule has 164 valence electrons. The van der Waals surface area contributed by atoms with Crippen molar-refractivity contribution in [3.8, 4) is 0 Å². The van der Waals surface area contributed by atoms with E-state index in [0.717, 1.165) is 12.8 Å². The van der Waals surface area contributed by atoms with Crippen molar-refractivity contribution in [3.05, 3.63) is 50.9 Å². The number of aromatic nitrogens is 2. The Morgan fingerprint density at radius 3 is 2.53 bits per heavy atom. The average molecular weight is 420 g/mol. The second-order valence-corrected chi connectivity index (χ2v) is 7.64. The number of hydrogen-bond acceptors (Lipinski definition) is 5. The SMILES string of the molecule is CCCCn1c(N)c(N(CCC(=O)Nc2ccc(F)cc2)CC(C)C)c(=O)[nH]c1=O. The molecule has 0 fully saturated rings. The molecule has 30 heavy (non-hydrogen) atoms. The summed E-state index contributed by atoms with van der Waals surface area (Å²) in [4.78, 5) is 41.2. The Morgan fingerprint density at radius 1 is 1.27 bits per heavy atom. The molecule has 9 heteroatoms. The number of nitrogen functional groups attached to an aromatic ring is 1. The van der Waals surface area contributed by atoms with E-state index in [1.807, 2.05) is 20.8 Å². The van der Waals surface area contributed by atoms with Crippen LogP contribution in [0.15, 0.2) is 33.9 Å². The van der Waals surface area contributed by atoms with E-state index in [1.165, 1.54) is 28.8 Å². The van der Waals surface area contributed by atoms with E-state index in [2.05, 4.69) is 10.3 Å². The van der Waals surface area contributed by atoms with E-state index >= 15 is 0 Å². The van der Waals surface area contributed by atoms with Crippen molar-refractivity contribution in [3.63, 3.8) is 0 Å². The first-order chi connectivity index (χ1) is 14.2. The van der Waals surface area contributed by atoms with Gasteiger partial charge >= 0.3 is 5.69 Å². The molecular weight excluding hydrogens is 389 g/mol. The molecule has 0 saturated carbocycles. The Bertz CT molecular complexity index is 966. The Morgan fingerprint density at radius 2 is 1.93 bits per heavy atom. The lowest BCUT2D eigenvalue weighted by Gasteiger charge is -2.27. The highest BCUT2D eigenvalue weighted by Gasteiger charge is 2.20. The van der Waals surface area contributed by atoms with Crippen molar-refractivity contribution in [1.82, 2.24) is 9.55 Å². The molecule has 0 aliphatic rings. The molecule has 0 unspecified atom stereocenters. The van der Waals surface area contributed by atoms with Gasteiger partial charge in [0.15, 0.2) is 0 Å². The molecule has 0 saturated heterocycles. The summed E-state index contributed by atoms with van der Waals surface area (Å²) in [5.74, 6) is -0.356. The number of unbranched alkanes of at least 4 members (excludes halogenated alkanes) is 1. The van der Waals surface area contributed by atoms with Gasteiger partial charge in [0, 0.05) is 31.7 Å². The Balaban J connectivity index is 2.23. The molecular formula is C21H30FN5O3. The first-order valence-electron chi connectivity index (χ1n) is 10.2. The first-order valence-corrected chi connectivity index (χ1v) is 10.2. The molecule has 2 aromatic rings. The van der Waals surface area contributed by atoms with Crippen LogP contribution >= 0.6 is 0 Å². The molecule has 0 aliphatic heterocycles. The Labute approximate surface area is 174 Å². The summed E-state index contributed by atoms with van der Waals surface area (Å²) >= 11 is 0. The molecule has 1 aromatic heterocycles. The van der Waals surface area contributed by atoms with E-state index in [9.17, 15) is 18.8 Å². The number of nitrogens with one attached hydrogen (secondary N) is 2. The number of nitrogens with zero attached hydrogens (tertiary/aromatic N) is 2. The second-order valence-electron chi connectivity index (χ2n) is 7.64. The van der Waals surface area contributed by atoms with Crippen LogP contribution in [0.1, 0.15) is 40.0 Å². The van der Waals surface area contributed by atoms with Crippen molar-refractivity contribution in [2.75, 3.05) is 29.0 Å². The van der Waals surface area contributed by atoms with Crippen molar-refractivity contribution in [1.29, 1.82) is 0 Å². The summed E-state index contributed by atoms with van der Waals surface area (Å²) in [6.45, 7) is 7.11. The van der Waals surface area contributed by atoms with Crippen LogP contribution in [0.2, 0.25) is 0 Å². The van der Waals surface area contributed by atoms with Crippen LogP contribution in [0.4, 0.5) is 21.6 Å². The van der Waals surface area contributed by atoms with Crippen molar-refractivity contribution >= 4 is 23.1 Å². The number of nitrogens with two attached hydrogens (primary N) is 1. The van der Waals surface area contributed by atoms with Crippen molar-refractivity contribution < 1.29 is 9.18 Å². The molecule has 2 rings (SSSR count). The largest absolute Gasteiger partial charge is 0.383 e. The molecule has 0 radical (unpaired) electrons. The molecule has 1 aromatic carbocycles. The zero-order valence-corrected chi connectivity index (χ0v) is 17.7. The summed E-state index contributed by atoms with van der Waals surface area (Å²) in [5, 5.41) is 2.70. The quantitative estimate of drug-likeness (QED) is 0.548. The topological polar surface area (TPSA) is 113 Å². The highest BCUT2D eigenvalue weighted by atomic mass is 19.1. The molecule has 0 atom stereocenters. The fourth-order valence-corrected chi connectivity index (χ4v) is 3.15. The number of carbonyl (C=O) groups excluding carboxylic acids is 1. The van der Waals surface area contributed by atoms with Crippen molar-refractivity contribution in [2.45, 2.75) is 46.6 Å². The second kappa shape index (κ2) is 10.6. The van der Waals surface area contributed by atoms with Crippen LogP contribution in [0, 0.1) is 11.7 Å². The zero-order chi connectivity index (χ0) is 22.3. The minimum Gasteiger partial charge on any atom is -0.383 e. The smallest absolute Gasteiger partial charge is 0.330 e. The van der Waals surface area contributed by atoms with Gasteiger partial charge in [0.25, 0.3) is 5.56 Å². The van der Waals surface area contributed by atoms with Gasteiger partial charge in [-0.05, 0) is 36.6 Å². The van der Waals surface area contributed by atoms with Crippen molar-refractivity contribution in [2.24, 2.45) is 5.92 Å². The van der Waals surface area contributed by atoms with Gasteiger partial charge in [-0.2, -0.15) is 0 Å². The summed E-state index contributed by atoms with van der Waals surface area (Å²) in [6.07, 6.45) is 1.72. The van der Waals surface area contributed by atoms with Crippen LogP contribution in [0.5, 0.6) is 0 Å². The van der Waals surface area contributed by atoms with Gasteiger partial charge in [0.05, 0.1) is 0 Å². The fraction of sp³-hybridized carbons (Fsp3) is 0.476. The summed E-state index contributed by atoms with van der Waals surface area (Å²) in [6, 6.07) is 5.48. The van der Waals surface area contributed by atoms with Gasteiger partial charge < -0.3 is 16.0 Å². The lowest BCUT2D eigenvalue weighted by atomic mass is 10.2. The minimum absolute atomic E-state index is 0.0943. The van der Waals surface area contributed by atoms with Crippen LogP contribution in [0.3, 0.4) is 0 Å². The maximum Gasteiger partial charge on any atom is 0.330 e. The van der Waals surface area contributed by atoms with Gasteiger partial charge in [0.1, 0.15) is 17.3 Å².